The Balaban J connectivity index is 2.05. The Bertz CT molecular complexity index is 669. The van der Waals surface area contributed by atoms with Gasteiger partial charge in [-0.3, -0.25) is 4.79 Å². The Morgan fingerprint density at radius 3 is 2.52 bits per heavy atom. The highest BCUT2D eigenvalue weighted by Crippen LogP contribution is 2.19. The number of rotatable bonds is 4. The lowest BCUT2D eigenvalue weighted by Gasteiger charge is -2.20. The number of carbonyl (C=O) groups is 2. The van der Waals surface area contributed by atoms with E-state index in [1.54, 1.807) is 14.0 Å². The molecule has 0 saturated carbocycles. The highest BCUT2D eigenvalue weighted by atomic mass is 16.4. The Kier molecular flexibility index (Phi) is 4.42. The summed E-state index contributed by atoms with van der Waals surface area (Å²) in [6.07, 6.45) is 0. The molecular formula is C16H18N2O3. The molecule has 0 aliphatic heterocycles. The first kappa shape index (κ1) is 14.8. The highest BCUT2D eigenvalue weighted by molar-refractivity contribution is 5.93. The third-order valence-electron chi connectivity index (χ3n) is 3.32. The lowest BCUT2D eigenvalue weighted by Crippen LogP contribution is -2.36. The molecule has 2 rings (SSSR count). The summed E-state index contributed by atoms with van der Waals surface area (Å²) >= 11 is 0. The van der Waals surface area contributed by atoms with Gasteiger partial charge in [-0.2, -0.15) is 0 Å². The fourth-order valence-corrected chi connectivity index (χ4v) is 2.06. The molecule has 2 amide bonds. The van der Waals surface area contributed by atoms with E-state index in [-0.39, 0.29) is 12.6 Å². The minimum atomic E-state index is -0.916. The first-order valence-corrected chi connectivity index (χ1v) is 6.71. The van der Waals surface area contributed by atoms with Gasteiger partial charge in [-0.05, 0) is 22.9 Å². The van der Waals surface area contributed by atoms with Gasteiger partial charge >= 0.3 is 12.0 Å². The highest BCUT2D eigenvalue weighted by Gasteiger charge is 2.17. The summed E-state index contributed by atoms with van der Waals surface area (Å²) < 4.78 is 0. The van der Waals surface area contributed by atoms with Gasteiger partial charge in [-0.1, -0.05) is 37.3 Å². The van der Waals surface area contributed by atoms with Crippen LogP contribution in [0.1, 0.15) is 6.92 Å². The second-order valence-corrected chi connectivity index (χ2v) is 5.11. The number of urea groups is 1. The monoisotopic (exact) mass is 286 g/mol. The summed E-state index contributed by atoms with van der Waals surface area (Å²) in [5, 5.41) is 13.8. The molecule has 1 unspecified atom stereocenters. The first-order valence-electron chi connectivity index (χ1n) is 6.71. The molecular weight excluding hydrogens is 268 g/mol. The standard InChI is InChI=1S/C16H18N2O3/c1-11(15(19)20)10-18(2)16(21)17-14-8-7-12-5-3-4-6-13(12)9-14/h3-9,11H,10H2,1-2H3,(H,17,21)(H,19,20). The number of carbonyl (C=O) groups excluding carboxylic acids is 1. The quantitative estimate of drug-likeness (QED) is 0.907. The molecule has 0 saturated heterocycles. The van der Waals surface area contributed by atoms with E-state index in [2.05, 4.69) is 5.32 Å². The average molecular weight is 286 g/mol. The molecule has 0 spiro atoms. The number of anilines is 1. The van der Waals surface area contributed by atoms with E-state index in [9.17, 15) is 9.59 Å². The number of carboxylic acids is 1. The normalized spacial score (nSPS) is 11.9. The van der Waals surface area contributed by atoms with Gasteiger partial charge in [0.15, 0.2) is 0 Å². The molecule has 1 atom stereocenters. The molecule has 0 fully saturated rings. The molecule has 0 radical (unpaired) electrons. The molecule has 0 heterocycles. The molecule has 110 valence electrons. The molecule has 0 aliphatic rings. The molecule has 0 aromatic heterocycles. The largest absolute Gasteiger partial charge is 0.481 e. The van der Waals surface area contributed by atoms with Crippen molar-refractivity contribution in [3.63, 3.8) is 0 Å². The number of benzene rings is 2. The van der Waals surface area contributed by atoms with E-state index in [0.29, 0.717) is 5.69 Å². The predicted molar refractivity (Wildman–Crippen MR) is 82.4 cm³/mol. The van der Waals surface area contributed by atoms with Crippen molar-refractivity contribution >= 4 is 28.5 Å². The maximum absolute atomic E-state index is 12.0. The SMILES string of the molecule is CC(CN(C)C(=O)Nc1ccc2ccccc2c1)C(=O)O. The van der Waals surface area contributed by atoms with E-state index in [1.807, 2.05) is 42.5 Å². The van der Waals surface area contributed by atoms with Gasteiger partial charge in [0, 0.05) is 19.3 Å². The molecule has 2 aromatic carbocycles. The maximum Gasteiger partial charge on any atom is 0.321 e. The molecule has 0 aliphatic carbocycles. The van der Waals surface area contributed by atoms with Crippen molar-refractivity contribution in [1.29, 1.82) is 0 Å². The van der Waals surface area contributed by atoms with E-state index in [0.717, 1.165) is 10.8 Å². The first-order chi connectivity index (χ1) is 9.97. The van der Waals surface area contributed by atoms with Crippen LogP contribution in [0.25, 0.3) is 10.8 Å². The number of amides is 2. The summed E-state index contributed by atoms with van der Waals surface area (Å²) in [4.78, 5) is 24.2. The van der Waals surface area contributed by atoms with Gasteiger partial charge in [0.25, 0.3) is 0 Å². The molecule has 5 nitrogen and oxygen atoms in total. The van der Waals surface area contributed by atoms with E-state index in [4.69, 9.17) is 5.11 Å². The average Bonchev–Trinajstić information content (AvgIpc) is 2.46. The van der Waals surface area contributed by atoms with Crippen LogP contribution in [-0.2, 0) is 4.79 Å². The van der Waals surface area contributed by atoms with Gasteiger partial charge in [0.1, 0.15) is 0 Å². The zero-order chi connectivity index (χ0) is 15.4. The second-order valence-electron chi connectivity index (χ2n) is 5.11. The Hall–Kier alpha value is -2.56. The summed E-state index contributed by atoms with van der Waals surface area (Å²) in [6, 6.07) is 13.2. The zero-order valence-corrected chi connectivity index (χ0v) is 12.0. The number of aliphatic carboxylic acids is 1. The molecule has 2 N–H and O–H groups in total. The van der Waals surface area contributed by atoms with Gasteiger partial charge in [-0.15, -0.1) is 0 Å². The third-order valence-corrected chi connectivity index (χ3v) is 3.32. The Morgan fingerprint density at radius 2 is 1.86 bits per heavy atom. The van der Waals surface area contributed by atoms with Crippen molar-refractivity contribution in [2.45, 2.75) is 6.92 Å². The van der Waals surface area contributed by atoms with Gasteiger partial charge in [0.05, 0.1) is 5.92 Å². The number of hydrogen-bond acceptors (Lipinski definition) is 2. The van der Waals surface area contributed by atoms with Gasteiger partial charge in [-0.25, -0.2) is 4.79 Å². The zero-order valence-electron chi connectivity index (χ0n) is 12.0. The summed E-state index contributed by atoms with van der Waals surface area (Å²) in [6.45, 7) is 1.73. The van der Waals surface area contributed by atoms with E-state index < -0.39 is 11.9 Å². The second kappa shape index (κ2) is 6.26. The van der Waals surface area contributed by atoms with Crippen molar-refractivity contribution in [3.8, 4) is 0 Å². The predicted octanol–water partition coefficient (Wildman–Crippen LogP) is 3.02. The fraction of sp³-hybridized carbons (Fsp3) is 0.250. The van der Waals surface area contributed by atoms with Crippen LogP contribution >= 0.6 is 0 Å². The van der Waals surface area contributed by atoms with Gasteiger partial charge < -0.3 is 15.3 Å². The van der Waals surface area contributed by atoms with E-state index in [1.165, 1.54) is 4.90 Å². The van der Waals surface area contributed by atoms with Crippen molar-refractivity contribution in [3.05, 3.63) is 42.5 Å². The summed E-state index contributed by atoms with van der Waals surface area (Å²) in [5.74, 6) is -1.52. The van der Waals surface area contributed by atoms with Crippen molar-refractivity contribution in [2.75, 3.05) is 18.9 Å². The maximum atomic E-state index is 12.0. The summed E-state index contributed by atoms with van der Waals surface area (Å²) in [7, 11) is 1.58. The van der Waals surface area contributed by atoms with Crippen molar-refractivity contribution in [2.24, 2.45) is 5.92 Å². The number of carboxylic acid groups (broad SMARTS) is 1. The molecule has 21 heavy (non-hydrogen) atoms. The van der Waals surface area contributed by atoms with Crippen LogP contribution in [0.3, 0.4) is 0 Å². The van der Waals surface area contributed by atoms with Crippen molar-refractivity contribution < 1.29 is 14.7 Å². The lowest BCUT2D eigenvalue weighted by molar-refractivity contribution is -0.141. The Labute approximate surface area is 123 Å². The van der Waals surface area contributed by atoms with E-state index >= 15 is 0 Å². The van der Waals surface area contributed by atoms with Crippen LogP contribution < -0.4 is 5.32 Å². The number of nitrogens with zero attached hydrogens (tertiary/aromatic N) is 1. The lowest BCUT2D eigenvalue weighted by atomic mass is 10.1. The van der Waals surface area contributed by atoms with Crippen LogP contribution in [0, 0.1) is 5.92 Å². The number of fused-ring (bicyclic) bond motifs is 1. The topological polar surface area (TPSA) is 69.6 Å². The van der Waals surface area contributed by atoms with Crippen LogP contribution in [0.5, 0.6) is 0 Å². The minimum Gasteiger partial charge on any atom is -0.481 e. The number of hydrogen-bond donors (Lipinski definition) is 2. The van der Waals surface area contributed by atoms with Crippen LogP contribution in [-0.4, -0.2) is 35.6 Å². The third kappa shape index (κ3) is 3.72. The number of nitrogens with one attached hydrogen (secondary N) is 1. The molecule has 0 bridgehead atoms. The molecule has 2 aromatic rings. The van der Waals surface area contributed by atoms with Crippen molar-refractivity contribution in [1.82, 2.24) is 4.90 Å². The van der Waals surface area contributed by atoms with Crippen LogP contribution in [0.4, 0.5) is 10.5 Å². The van der Waals surface area contributed by atoms with Crippen LogP contribution in [0.2, 0.25) is 0 Å². The fourth-order valence-electron chi connectivity index (χ4n) is 2.06. The smallest absolute Gasteiger partial charge is 0.321 e. The summed E-state index contributed by atoms with van der Waals surface area (Å²) in [5.41, 5.74) is 0.688. The van der Waals surface area contributed by atoms with Gasteiger partial charge in [0.2, 0.25) is 0 Å². The minimum absolute atomic E-state index is 0.161. The van der Waals surface area contributed by atoms with Crippen LogP contribution in [0.15, 0.2) is 42.5 Å². The molecule has 5 heteroatoms. The Morgan fingerprint density at radius 1 is 1.19 bits per heavy atom.